The SMILES string of the molecule is CCn1nccc1C(NN)c1ccncc1OC. The van der Waals surface area contributed by atoms with Crippen molar-refractivity contribution in [3.63, 3.8) is 0 Å². The molecule has 0 aliphatic carbocycles. The fraction of sp³-hybridized carbons (Fsp3) is 0.333. The zero-order valence-electron chi connectivity index (χ0n) is 10.5. The molecule has 6 heteroatoms. The lowest BCUT2D eigenvalue weighted by Crippen LogP contribution is -2.31. The quantitative estimate of drug-likeness (QED) is 0.605. The maximum Gasteiger partial charge on any atom is 0.142 e. The molecule has 0 fully saturated rings. The van der Waals surface area contributed by atoms with E-state index < -0.39 is 0 Å². The van der Waals surface area contributed by atoms with Crippen LogP contribution in [0.4, 0.5) is 0 Å². The van der Waals surface area contributed by atoms with Crippen molar-refractivity contribution in [3.8, 4) is 5.75 Å². The van der Waals surface area contributed by atoms with Crippen molar-refractivity contribution >= 4 is 0 Å². The molecular formula is C12H17N5O. The van der Waals surface area contributed by atoms with Gasteiger partial charge in [-0.1, -0.05) is 0 Å². The molecule has 0 bridgehead atoms. The van der Waals surface area contributed by atoms with E-state index in [1.54, 1.807) is 25.7 Å². The van der Waals surface area contributed by atoms with Crippen LogP contribution in [0.5, 0.6) is 5.75 Å². The number of rotatable bonds is 5. The average molecular weight is 247 g/mol. The van der Waals surface area contributed by atoms with E-state index in [1.165, 1.54) is 0 Å². The standard InChI is InChI=1S/C12H17N5O/c1-3-17-10(5-7-15-17)12(16-13)9-4-6-14-8-11(9)18-2/h4-8,12,16H,3,13H2,1-2H3. The van der Waals surface area contributed by atoms with Crippen molar-refractivity contribution in [1.82, 2.24) is 20.2 Å². The normalized spacial score (nSPS) is 12.4. The van der Waals surface area contributed by atoms with Crippen molar-refractivity contribution in [2.45, 2.75) is 19.5 Å². The molecule has 2 aromatic heterocycles. The molecule has 96 valence electrons. The zero-order chi connectivity index (χ0) is 13.0. The highest BCUT2D eigenvalue weighted by Gasteiger charge is 2.20. The maximum absolute atomic E-state index is 5.68. The second-order valence-electron chi connectivity index (χ2n) is 3.79. The van der Waals surface area contributed by atoms with Crippen LogP contribution in [-0.2, 0) is 6.54 Å². The van der Waals surface area contributed by atoms with Gasteiger partial charge in [0.1, 0.15) is 5.75 Å². The number of hydrogen-bond donors (Lipinski definition) is 2. The van der Waals surface area contributed by atoms with Gasteiger partial charge in [0.15, 0.2) is 0 Å². The molecule has 6 nitrogen and oxygen atoms in total. The van der Waals surface area contributed by atoms with Gasteiger partial charge < -0.3 is 4.74 Å². The van der Waals surface area contributed by atoms with E-state index in [0.29, 0.717) is 5.75 Å². The summed E-state index contributed by atoms with van der Waals surface area (Å²) in [5.74, 6) is 6.37. The van der Waals surface area contributed by atoms with E-state index in [2.05, 4.69) is 15.5 Å². The van der Waals surface area contributed by atoms with Crippen LogP contribution in [0.15, 0.2) is 30.7 Å². The summed E-state index contributed by atoms with van der Waals surface area (Å²) in [5.41, 5.74) is 4.73. The summed E-state index contributed by atoms with van der Waals surface area (Å²) in [7, 11) is 1.62. The van der Waals surface area contributed by atoms with Crippen LogP contribution in [0.2, 0.25) is 0 Å². The summed E-state index contributed by atoms with van der Waals surface area (Å²) >= 11 is 0. The third-order valence-corrected chi connectivity index (χ3v) is 2.86. The minimum absolute atomic E-state index is 0.176. The fourth-order valence-electron chi connectivity index (χ4n) is 1.99. The van der Waals surface area contributed by atoms with E-state index in [-0.39, 0.29) is 6.04 Å². The lowest BCUT2D eigenvalue weighted by Gasteiger charge is -2.19. The largest absolute Gasteiger partial charge is 0.495 e. The van der Waals surface area contributed by atoms with Crippen LogP contribution in [0.1, 0.15) is 24.2 Å². The van der Waals surface area contributed by atoms with Crippen LogP contribution < -0.4 is 16.0 Å². The van der Waals surface area contributed by atoms with E-state index in [9.17, 15) is 0 Å². The number of nitrogens with one attached hydrogen (secondary N) is 1. The molecule has 2 aromatic rings. The van der Waals surface area contributed by atoms with Gasteiger partial charge in [0.25, 0.3) is 0 Å². The Balaban J connectivity index is 2.45. The third kappa shape index (κ3) is 2.20. The van der Waals surface area contributed by atoms with Crippen LogP contribution in [0, 0.1) is 0 Å². The molecule has 0 saturated heterocycles. The van der Waals surface area contributed by atoms with Gasteiger partial charge >= 0.3 is 0 Å². The van der Waals surface area contributed by atoms with Gasteiger partial charge in [-0.25, -0.2) is 5.43 Å². The first-order valence-electron chi connectivity index (χ1n) is 5.77. The molecule has 0 amide bonds. The minimum atomic E-state index is -0.176. The number of aromatic nitrogens is 3. The zero-order valence-corrected chi connectivity index (χ0v) is 10.5. The lowest BCUT2D eigenvalue weighted by molar-refractivity contribution is 0.400. The molecular weight excluding hydrogens is 230 g/mol. The molecule has 18 heavy (non-hydrogen) atoms. The predicted molar refractivity (Wildman–Crippen MR) is 67.9 cm³/mol. The van der Waals surface area contributed by atoms with E-state index >= 15 is 0 Å². The number of aryl methyl sites for hydroxylation is 1. The molecule has 3 N–H and O–H groups in total. The molecule has 0 saturated carbocycles. The van der Waals surface area contributed by atoms with Crippen LogP contribution in [0.3, 0.4) is 0 Å². The Morgan fingerprint density at radius 2 is 2.28 bits per heavy atom. The highest BCUT2D eigenvalue weighted by atomic mass is 16.5. The topological polar surface area (TPSA) is 78.0 Å². The van der Waals surface area contributed by atoms with Crippen LogP contribution in [0.25, 0.3) is 0 Å². The molecule has 0 spiro atoms. The number of hydrazine groups is 1. The molecule has 2 rings (SSSR count). The highest BCUT2D eigenvalue weighted by Crippen LogP contribution is 2.28. The summed E-state index contributed by atoms with van der Waals surface area (Å²) in [6.07, 6.45) is 5.15. The summed E-state index contributed by atoms with van der Waals surface area (Å²) in [5, 5.41) is 4.25. The fourth-order valence-corrected chi connectivity index (χ4v) is 1.99. The number of hydrogen-bond acceptors (Lipinski definition) is 5. The van der Waals surface area contributed by atoms with Crippen LogP contribution >= 0.6 is 0 Å². The van der Waals surface area contributed by atoms with Gasteiger partial charge in [-0.15, -0.1) is 0 Å². The lowest BCUT2D eigenvalue weighted by atomic mass is 10.0. The van der Waals surface area contributed by atoms with E-state index in [4.69, 9.17) is 10.6 Å². The Bertz CT molecular complexity index is 511. The Hall–Kier alpha value is -1.92. The van der Waals surface area contributed by atoms with Crippen molar-refractivity contribution in [1.29, 1.82) is 0 Å². The number of nitrogens with zero attached hydrogens (tertiary/aromatic N) is 3. The maximum atomic E-state index is 5.68. The Kier molecular flexibility index (Phi) is 3.91. The molecule has 0 aliphatic heterocycles. The van der Waals surface area contributed by atoms with Crippen molar-refractivity contribution in [2.75, 3.05) is 7.11 Å². The Morgan fingerprint density at radius 3 is 2.94 bits per heavy atom. The Labute approximate surface area is 106 Å². The second kappa shape index (κ2) is 5.61. The average Bonchev–Trinajstić information content (AvgIpc) is 2.88. The van der Waals surface area contributed by atoms with E-state index in [0.717, 1.165) is 17.8 Å². The van der Waals surface area contributed by atoms with Crippen molar-refractivity contribution < 1.29 is 4.74 Å². The third-order valence-electron chi connectivity index (χ3n) is 2.86. The molecule has 0 aromatic carbocycles. The smallest absolute Gasteiger partial charge is 0.142 e. The van der Waals surface area contributed by atoms with Gasteiger partial charge in [0.05, 0.1) is 25.0 Å². The summed E-state index contributed by atoms with van der Waals surface area (Å²) < 4.78 is 7.21. The molecule has 2 heterocycles. The molecule has 0 aliphatic rings. The van der Waals surface area contributed by atoms with Crippen molar-refractivity contribution in [2.24, 2.45) is 5.84 Å². The van der Waals surface area contributed by atoms with Gasteiger partial charge in [0.2, 0.25) is 0 Å². The second-order valence-corrected chi connectivity index (χ2v) is 3.79. The predicted octanol–water partition coefficient (Wildman–Crippen LogP) is 0.859. The van der Waals surface area contributed by atoms with Gasteiger partial charge in [0, 0.05) is 24.5 Å². The van der Waals surface area contributed by atoms with Gasteiger partial charge in [-0.05, 0) is 19.1 Å². The number of nitrogens with two attached hydrogens (primary N) is 1. The number of pyridine rings is 1. The van der Waals surface area contributed by atoms with Gasteiger partial charge in [-0.2, -0.15) is 5.10 Å². The number of ether oxygens (including phenoxy) is 1. The summed E-state index contributed by atoms with van der Waals surface area (Å²) in [6, 6.07) is 3.65. The Morgan fingerprint density at radius 1 is 1.44 bits per heavy atom. The first-order chi connectivity index (χ1) is 8.81. The number of methoxy groups -OCH3 is 1. The van der Waals surface area contributed by atoms with Crippen molar-refractivity contribution in [3.05, 3.63) is 42.0 Å². The summed E-state index contributed by atoms with van der Waals surface area (Å²) in [4.78, 5) is 4.04. The van der Waals surface area contributed by atoms with E-state index in [1.807, 2.05) is 23.7 Å². The molecule has 0 radical (unpaired) electrons. The van der Waals surface area contributed by atoms with Gasteiger partial charge in [-0.3, -0.25) is 15.5 Å². The molecule has 1 atom stereocenters. The highest BCUT2D eigenvalue weighted by molar-refractivity contribution is 5.37. The first kappa shape index (κ1) is 12.5. The summed E-state index contributed by atoms with van der Waals surface area (Å²) in [6.45, 7) is 2.82. The molecule has 1 unspecified atom stereocenters. The van der Waals surface area contributed by atoms with Crippen LogP contribution in [-0.4, -0.2) is 21.9 Å². The minimum Gasteiger partial charge on any atom is -0.495 e. The first-order valence-corrected chi connectivity index (χ1v) is 5.77. The monoisotopic (exact) mass is 247 g/mol.